The van der Waals surface area contributed by atoms with Crippen LogP contribution in [0.15, 0.2) is 36.4 Å². The third-order valence-corrected chi connectivity index (χ3v) is 5.71. The highest BCUT2D eigenvalue weighted by atomic mass is 16.4. The Morgan fingerprint density at radius 2 is 1.91 bits per heavy atom. The molecule has 0 radical (unpaired) electrons. The molecule has 2 saturated carbocycles. The van der Waals surface area contributed by atoms with Gasteiger partial charge in [0.25, 0.3) is 0 Å². The summed E-state index contributed by atoms with van der Waals surface area (Å²) in [5.74, 6) is -0.449. The number of aromatic carboxylic acids is 1. The Labute approximate surface area is 130 Å². The van der Waals surface area contributed by atoms with Gasteiger partial charge in [-0.05, 0) is 54.9 Å². The number of hydrogen-bond donors (Lipinski definition) is 2. The van der Waals surface area contributed by atoms with Crippen molar-refractivity contribution in [2.24, 2.45) is 16.7 Å². The van der Waals surface area contributed by atoms with Crippen LogP contribution in [0.3, 0.4) is 0 Å². The fourth-order valence-corrected chi connectivity index (χ4v) is 4.09. The Morgan fingerprint density at radius 3 is 2.41 bits per heavy atom. The predicted octanol–water partition coefficient (Wildman–Crippen LogP) is 3.71. The van der Waals surface area contributed by atoms with Crippen LogP contribution in [0.25, 0.3) is 0 Å². The molecule has 1 aromatic carbocycles. The smallest absolute Gasteiger partial charge is 0.335 e. The van der Waals surface area contributed by atoms with E-state index in [4.69, 9.17) is 5.11 Å². The first-order valence-electron chi connectivity index (χ1n) is 7.62. The number of anilines is 1. The molecule has 0 aliphatic heterocycles. The number of fused-ring (bicyclic) bond motifs is 2. The molecule has 4 nitrogen and oxygen atoms in total. The lowest BCUT2D eigenvalue weighted by Crippen LogP contribution is -2.37. The van der Waals surface area contributed by atoms with Crippen LogP contribution in [0.5, 0.6) is 0 Å². The van der Waals surface area contributed by atoms with Gasteiger partial charge in [-0.3, -0.25) is 4.79 Å². The molecule has 2 unspecified atom stereocenters. The molecule has 116 valence electrons. The summed E-state index contributed by atoms with van der Waals surface area (Å²) in [7, 11) is 0. The summed E-state index contributed by atoms with van der Waals surface area (Å²) in [5, 5.41) is 11.9. The maximum Gasteiger partial charge on any atom is 0.335 e. The SMILES string of the molecule is C=C1C2(C(=O)Nc3ccc(C(=O)O)cc3)CCC(C2)C1(C)C. The van der Waals surface area contributed by atoms with Crippen molar-refractivity contribution in [2.45, 2.75) is 33.1 Å². The van der Waals surface area contributed by atoms with Crippen molar-refractivity contribution in [1.82, 2.24) is 0 Å². The first-order chi connectivity index (χ1) is 10.3. The van der Waals surface area contributed by atoms with Crippen molar-refractivity contribution >= 4 is 17.6 Å². The standard InChI is InChI=1S/C18H21NO3/c1-11-17(2,3)13-8-9-18(11,10-13)16(22)19-14-6-4-12(5-7-14)15(20)21/h4-7,13H,1,8-10H2,2-3H3,(H,19,22)(H,20,21). The van der Waals surface area contributed by atoms with Gasteiger partial charge in [-0.25, -0.2) is 4.79 Å². The third kappa shape index (κ3) is 1.97. The average molecular weight is 299 g/mol. The number of rotatable bonds is 3. The van der Waals surface area contributed by atoms with Crippen molar-refractivity contribution in [3.8, 4) is 0 Å². The van der Waals surface area contributed by atoms with Gasteiger partial charge in [-0.1, -0.05) is 26.0 Å². The van der Waals surface area contributed by atoms with E-state index in [1.165, 1.54) is 12.1 Å². The van der Waals surface area contributed by atoms with Crippen LogP contribution >= 0.6 is 0 Å². The maximum atomic E-state index is 12.8. The number of nitrogens with one attached hydrogen (secondary N) is 1. The van der Waals surface area contributed by atoms with Crippen LogP contribution < -0.4 is 5.32 Å². The number of benzene rings is 1. The second-order valence-corrected chi connectivity index (χ2v) is 7.06. The highest BCUT2D eigenvalue weighted by Gasteiger charge is 2.60. The van der Waals surface area contributed by atoms with Gasteiger partial charge in [0.05, 0.1) is 11.0 Å². The van der Waals surface area contributed by atoms with Crippen molar-refractivity contribution < 1.29 is 14.7 Å². The summed E-state index contributed by atoms with van der Waals surface area (Å²) < 4.78 is 0. The van der Waals surface area contributed by atoms with E-state index in [9.17, 15) is 9.59 Å². The van der Waals surface area contributed by atoms with E-state index < -0.39 is 11.4 Å². The zero-order chi connectivity index (χ0) is 16.1. The molecule has 3 rings (SSSR count). The van der Waals surface area contributed by atoms with Crippen LogP contribution in [-0.4, -0.2) is 17.0 Å². The minimum Gasteiger partial charge on any atom is -0.478 e. The zero-order valence-corrected chi connectivity index (χ0v) is 13.0. The molecule has 1 amide bonds. The Kier molecular flexibility index (Phi) is 3.17. The quantitative estimate of drug-likeness (QED) is 0.836. The lowest BCUT2D eigenvalue weighted by molar-refractivity contribution is -0.123. The molecule has 0 saturated heterocycles. The molecule has 2 aliphatic rings. The zero-order valence-electron chi connectivity index (χ0n) is 13.0. The van der Waals surface area contributed by atoms with Crippen molar-refractivity contribution in [1.29, 1.82) is 0 Å². The van der Waals surface area contributed by atoms with Gasteiger partial charge < -0.3 is 10.4 Å². The van der Waals surface area contributed by atoms with E-state index in [0.717, 1.165) is 24.8 Å². The second kappa shape index (κ2) is 4.70. The fraction of sp³-hybridized carbons (Fsp3) is 0.444. The molecule has 0 spiro atoms. The second-order valence-electron chi connectivity index (χ2n) is 7.06. The summed E-state index contributed by atoms with van der Waals surface area (Å²) in [6, 6.07) is 6.27. The normalized spacial score (nSPS) is 28.6. The lowest BCUT2D eigenvalue weighted by Gasteiger charge is -2.37. The maximum absolute atomic E-state index is 12.8. The number of carbonyl (C=O) groups excluding carboxylic acids is 1. The molecule has 0 heterocycles. The molecular weight excluding hydrogens is 278 g/mol. The van der Waals surface area contributed by atoms with Gasteiger partial charge in [-0.2, -0.15) is 0 Å². The lowest BCUT2D eigenvalue weighted by atomic mass is 9.68. The van der Waals surface area contributed by atoms with Gasteiger partial charge >= 0.3 is 5.97 Å². The number of carboxylic acid groups (broad SMARTS) is 1. The Balaban J connectivity index is 1.80. The number of hydrogen-bond acceptors (Lipinski definition) is 2. The van der Waals surface area contributed by atoms with E-state index in [0.29, 0.717) is 11.6 Å². The summed E-state index contributed by atoms with van der Waals surface area (Å²) in [4.78, 5) is 23.7. The monoisotopic (exact) mass is 299 g/mol. The van der Waals surface area contributed by atoms with Crippen LogP contribution in [0.2, 0.25) is 0 Å². The van der Waals surface area contributed by atoms with Gasteiger partial charge in [0.1, 0.15) is 0 Å². The molecular formula is C18H21NO3. The highest BCUT2D eigenvalue weighted by Crippen LogP contribution is 2.65. The van der Waals surface area contributed by atoms with E-state index in [-0.39, 0.29) is 16.9 Å². The largest absolute Gasteiger partial charge is 0.478 e. The highest BCUT2D eigenvalue weighted by molar-refractivity contribution is 5.99. The molecule has 2 bridgehead atoms. The topological polar surface area (TPSA) is 66.4 Å². The fourth-order valence-electron chi connectivity index (χ4n) is 4.09. The molecule has 2 atom stereocenters. The minimum absolute atomic E-state index is 0.00588. The molecule has 1 aromatic rings. The van der Waals surface area contributed by atoms with Gasteiger partial charge in [0, 0.05) is 5.69 Å². The molecule has 2 aliphatic carbocycles. The average Bonchev–Trinajstić information content (AvgIpc) is 3.00. The van der Waals surface area contributed by atoms with E-state index in [2.05, 4.69) is 25.7 Å². The summed E-state index contributed by atoms with van der Waals surface area (Å²) in [5.41, 5.74) is 1.44. The predicted molar refractivity (Wildman–Crippen MR) is 84.7 cm³/mol. The van der Waals surface area contributed by atoms with Crippen LogP contribution in [-0.2, 0) is 4.79 Å². The Morgan fingerprint density at radius 1 is 1.27 bits per heavy atom. The van der Waals surface area contributed by atoms with E-state index in [1.54, 1.807) is 12.1 Å². The number of carbonyl (C=O) groups is 2. The van der Waals surface area contributed by atoms with Crippen LogP contribution in [0.1, 0.15) is 43.5 Å². The minimum atomic E-state index is -0.971. The molecule has 22 heavy (non-hydrogen) atoms. The summed E-state index contributed by atoms with van der Waals surface area (Å²) >= 11 is 0. The van der Waals surface area contributed by atoms with Crippen molar-refractivity contribution in [3.63, 3.8) is 0 Å². The summed E-state index contributed by atoms with van der Waals surface area (Å²) in [6.07, 6.45) is 2.80. The van der Waals surface area contributed by atoms with Crippen molar-refractivity contribution in [2.75, 3.05) is 5.32 Å². The number of amides is 1. The summed E-state index contributed by atoms with van der Waals surface area (Å²) in [6.45, 7) is 8.58. The van der Waals surface area contributed by atoms with Crippen LogP contribution in [0.4, 0.5) is 5.69 Å². The third-order valence-electron chi connectivity index (χ3n) is 5.71. The van der Waals surface area contributed by atoms with Gasteiger partial charge in [0.15, 0.2) is 0 Å². The van der Waals surface area contributed by atoms with Gasteiger partial charge in [0.2, 0.25) is 5.91 Å². The molecule has 4 heteroatoms. The molecule has 2 fully saturated rings. The first-order valence-corrected chi connectivity index (χ1v) is 7.62. The molecule has 0 aromatic heterocycles. The Hall–Kier alpha value is -2.10. The van der Waals surface area contributed by atoms with Gasteiger partial charge in [-0.15, -0.1) is 0 Å². The first kappa shape index (κ1) is 14.8. The van der Waals surface area contributed by atoms with E-state index in [1.807, 2.05) is 0 Å². The Bertz CT molecular complexity index is 659. The van der Waals surface area contributed by atoms with Crippen LogP contribution in [0, 0.1) is 16.7 Å². The number of carboxylic acids is 1. The van der Waals surface area contributed by atoms with E-state index >= 15 is 0 Å². The van der Waals surface area contributed by atoms with Crippen molar-refractivity contribution in [3.05, 3.63) is 42.0 Å². The molecule has 2 N–H and O–H groups in total.